The third-order valence-electron chi connectivity index (χ3n) is 4.92. The molecule has 8 nitrogen and oxygen atoms in total. The summed E-state index contributed by atoms with van der Waals surface area (Å²) >= 11 is 7.32. The Balaban J connectivity index is 1.59. The second-order valence-electron chi connectivity index (χ2n) is 7.24. The second-order valence-corrected chi connectivity index (χ2v) is 10.3. The number of hydrogen-bond acceptors (Lipinski definition) is 8. The minimum Gasteiger partial charge on any atom is -0.456 e. The molecule has 0 aliphatic carbocycles. The molecule has 166 valence electrons. The van der Waals surface area contributed by atoms with E-state index >= 15 is 0 Å². The highest BCUT2D eigenvalue weighted by Crippen LogP contribution is 2.33. The first-order chi connectivity index (χ1) is 15.3. The van der Waals surface area contributed by atoms with Gasteiger partial charge in [0.15, 0.2) is 5.13 Å². The first-order valence-electron chi connectivity index (χ1n) is 9.67. The average Bonchev–Trinajstić information content (AvgIpc) is 3.41. The molecule has 0 bridgehead atoms. The number of rotatable bonds is 7. The molecule has 1 saturated heterocycles. The van der Waals surface area contributed by atoms with Crippen LogP contribution in [-0.4, -0.2) is 42.6 Å². The van der Waals surface area contributed by atoms with E-state index in [1.54, 1.807) is 23.6 Å². The van der Waals surface area contributed by atoms with Crippen molar-refractivity contribution in [2.45, 2.75) is 24.0 Å². The molecule has 4 rings (SSSR count). The number of likely N-dealkylation sites (tertiary alicyclic amines) is 1. The number of halogens is 1. The molecule has 1 fully saturated rings. The summed E-state index contributed by atoms with van der Waals surface area (Å²) in [4.78, 5) is 5.94. The van der Waals surface area contributed by atoms with E-state index in [4.69, 9.17) is 16.3 Å². The van der Waals surface area contributed by atoms with Crippen LogP contribution in [0.3, 0.4) is 0 Å². The van der Waals surface area contributed by atoms with Gasteiger partial charge in [-0.1, -0.05) is 11.6 Å². The Labute approximate surface area is 194 Å². The molecule has 2 heterocycles. The molecule has 32 heavy (non-hydrogen) atoms. The molecule has 1 atom stereocenters. The number of nitrogens with zero attached hydrogens (tertiary/aromatic N) is 3. The molecule has 0 saturated carbocycles. The lowest BCUT2D eigenvalue weighted by Crippen LogP contribution is -2.21. The van der Waals surface area contributed by atoms with Crippen LogP contribution >= 0.6 is 22.9 Å². The molecule has 1 aromatic heterocycles. The van der Waals surface area contributed by atoms with E-state index in [1.165, 1.54) is 24.4 Å². The average molecular weight is 491 g/mol. The van der Waals surface area contributed by atoms with Gasteiger partial charge in [-0.05, 0) is 42.8 Å². The number of aromatic nitrogens is 1. The topological polar surface area (TPSA) is 116 Å². The molecular weight excluding hydrogens is 472 g/mol. The van der Waals surface area contributed by atoms with Gasteiger partial charge >= 0.3 is 0 Å². The minimum absolute atomic E-state index is 0.0704. The van der Waals surface area contributed by atoms with Gasteiger partial charge in [-0.2, -0.15) is 5.26 Å². The zero-order chi connectivity index (χ0) is 22.7. The van der Waals surface area contributed by atoms with Crippen molar-refractivity contribution in [3.8, 4) is 17.6 Å². The van der Waals surface area contributed by atoms with E-state index < -0.39 is 10.0 Å². The van der Waals surface area contributed by atoms with Gasteiger partial charge in [0.1, 0.15) is 17.6 Å². The highest BCUT2D eigenvalue weighted by molar-refractivity contribution is 7.93. The van der Waals surface area contributed by atoms with Crippen LogP contribution in [0.2, 0.25) is 5.02 Å². The molecule has 0 radical (unpaired) electrons. The molecule has 0 spiro atoms. The van der Waals surface area contributed by atoms with Crippen LogP contribution in [0.15, 0.2) is 52.9 Å². The van der Waals surface area contributed by atoms with Crippen molar-refractivity contribution in [1.82, 2.24) is 9.88 Å². The lowest BCUT2D eigenvalue weighted by atomic mass is 10.1. The summed E-state index contributed by atoms with van der Waals surface area (Å²) in [5, 5.41) is 21.8. The van der Waals surface area contributed by atoms with E-state index in [1.807, 2.05) is 6.07 Å². The maximum Gasteiger partial charge on any atom is 0.263 e. The zero-order valence-electron chi connectivity index (χ0n) is 16.7. The van der Waals surface area contributed by atoms with Crippen molar-refractivity contribution in [2.75, 3.05) is 17.8 Å². The summed E-state index contributed by atoms with van der Waals surface area (Å²) in [7, 11) is -3.90. The number of sulfonamides is 1. The number of ether oxygens (including phenoxy) is 1. The number of β-amino-alcohol motifs (C(OH)–C–C–N with tert-alkyl or cyclic N) is 1. The van der Waals surface area contributed by atoms with Crippen LogP contribution in [0.4, 0.5) is 5.13 Å². The molecule has 2 N–H and O–H groups in total. The van der Waals surface area contributed by atoms with Crippen molar-refractivity contribution in [1.29, 1.82) is 5.26 Å². The summed E-state index contributed by atoms with van der Waals surface area (Å²) < 4.78 is 33.6. The maximum atomic E-state index is 12.6. The zero-order valence-corrected chi connectivity index (χ0v) is 19.1. The van der Waals surface area contributed by atoms with Gasteiger partial charge in [0, 0.05) is 41.8 Å². The number of thiazole rings is 1. The van der Waals surface area contributed by atoms with Gasteiger partial charge < -0.3 is 9.84 Å². The fourth-order valence-corrected chi connectivity index (χ4v) is 5.40. The molecule has 2 aromatic carbocycles. The SMILES string of the molecule is N#Cc1cc(S(=O)(=O)Nc2nccs2)ccc1Oc1ccc(Cl)cc1CN1CCC(O)C1. The number of benzene rings is 2. The Hall–Kier alpha value is -2.68. The van der Waals surface area contributed by atoms with Crippen LogP contribution in [-0.2, 0) is 16.6 Å². The Bertz CT molecular complexity index is 1260. The first kappa shape index (κ1) is 22.5. The predicted octanol–water partition coefficient (Wildman–Crippen LogP) is 3.83. The Morgan fingerprint density at radius 2 is 2.12 bits per heavy atom. The van der Waals surface area contributed by atoms with Gasteiger partial charge in [0.05, 0.1) is 16.6 Å². The van der Waals surface area contributed by atoms with Crippen molar-refractivity contribution >= 4 is 38.1 Å². The number of aliphatic hydroxyl groups excluding tert-OH is 1. The number of nitriles is 1. The molecular formula is C21H19ClN4O4S2. The summed E-state index contributed by atoms with van der Waals surface area (Å²) in [5.74, 6) is 0.731. The normalized spacial score (nSPS) is 16.6. The van der Waals surface area contributed by atoms with Crippen LogP contribution in [0.1, 0.15) is 17.5 Å². The largest absolute Gasteiger partial charge is 0.456 e. The monoisotopic (exact) mass is 490 g/mol. The van der Waals surface area contributed by atoms with Crippen LogP contribution in [0.5, 0.6) is 11.5 Å². The van der Waals surface area contributed by atoms with Crippen LogP contribution < -0.4 is 9.46 Å². The highest BCUT2D eigenvalue weighted by Gasteiger charge is 2.22. The highest BCUT2D eigenvalue weighted by atomic mass is 35.5. The van der Waals surface area contributed by atoms with E-state index in [2.05, 4.69) is 14.6 Å². The number of anilines is 1. The summed E-state index contributed by atoms with van der Waals surface area (Å²) in [6, 6.07) is 11.3. The van der Waals surface area contributed by atoms with E-state index in [-0.39, 0.29) is 27.4 Å². The molecule has 11 heteroatoms. The van der Waals surface area contributed by atoms with Crippen LogP contribution in [0, 0.1) is 11.3 Å². The molecule has 1 unspecified atom stereocenters. The standard InChI is InChI=1S/C21H19ClN4O4S2/c22-16-1-3-20(15(9-16)12-26-7-5-17(27)13-26)30-19-4-2-18(10-14(19)11-23)32(28,29)25-21-24-6-8-31-21/h1-4,6,8-10,17,27H,5,7,12-13H2,(H,24,25). The predicted molar refractivity (Wildman–Crippen MR) is 122 cm³/mol. The van der Waals surface area contributed by atoms with Gasteiger partial charge in [-0.3, -0.25) is 9.62 Å². The van der Waals surface area contributed by atoms with Gasteiger partial charge in [-0.25, -0.2) is 13.4 Å². The maximum absolute atomic E-state index is 12.6. The van der Waals surface area contributed by atoms with Crippen molar-refractivity contribution in [3.05, 3.63) is 64.1 Å². The number of hydrogen-bond donors (Lipinski definition) is 2. The summed E-state index contributed by atoms with van der Waals surface area (Å²) in [5.41, 5.74) is 0.877. The van der Waals surface area contributed by atoms with Crippen molar-refractivity contribution < 1.29 is 18.3 Å². The fraction of sp³-hybridized carbons (Fsp3) is 0.238. The quantitative estimate of drug-likeness (QED) is 0.517. The lowest BCUT2D eigenvalue weighted by molar-refractivity contribution is 0.174. The number of aliphatic hydroxyl groups is 1. The van der Waals surface area contributed by atoms with Gasteiger partial charge in [0.25, 0.3) is 10.0 Å². The van der Waals surface area contributed by atoms with Gasteiger partial charge in [-0.15, -0.1) is 11.3 Å². The Morgan fingerprint density at radius 1 is 1.31 bits per heavy atom. The first-order valence-corrected chi connectivity index (χ1v) is 12.4. The van der Waals surface area contributed by atoms with E-state index in [0.29, 0.717) is 30.3 Å². The summed E-state index contributed by atoms with van der Waals surface area (Å²) in [6.07, 6.45) is 1.85. The molecule has 1 aliphatic rings. The Morgan fingerprint density at radius 3 is 2.81 bits per heavy atom. The van der Waals surface area contributed by atoms with Crippen molar-refractivity contribution in [2.24, 2.45) is 0 Å². The van der Waals surface area contributed by atoms with E-state index in [9.17, 15) is 18.8 Å². The third-order valence-corrected chi connectivity index (χ3v) is 7.31. The summed E-state index contributed by atoms with van der Waals surface area (Å²) in [6.45, 7) is 1.85. The fourth-order valence-electron chi connectivity index (χ4n) is 3.39. The smallest absolute Gasteiger partial charge is 0.263 e. The molecule has 3 aromatic rings. The van der Waals surface area contributed by atoms with E-state index in [0.717, 1.165) is 23.4 Å². The van der Waals surface area contributed by atoms with Gasteiger partial charge in [0.2, 0.25) is 0 Å². The molecule has 0 amide bonds. The Kier molecular flexibility index (Phi) is 6.64. The minimum atomic E-state index is -3.90. The van der Waals surface area contributed by atoms with Crippen LogP contribution in [0.25, 0.3) is 0 Å². The lowest BCUT2D eigenvalue weighted by Gasteiger charge is -2.18. The third kappa shape index (κ3) is 5.20. The second kappa shape index (κ2) is 9.44. The van der Waals surface area contributed by atoms with Crippen molar-refractivity contribution in [3.63, 3.8) is 0 Å². The molecule has 1 aliphatic heterocycles. The number of nitrogens with one attached hydrogen (secondary N) is 1.